The number of carbonyl (C=O) groups excluding carboxylic acids is 1. The standard InChI is InChI=1S/C20H29NO3/c1-15(2)7-8-16-11-13-21(14-12-16)19(22)10-9-17-5-3-4-6-18(17)20(23)24/h3-6,15-16H,7-14H2,1-2H3,(H,23,24). The Morgan fingerprint density at radius 3 is 2.50 bits per heavy atom. The molecule has 0 unspecified atom stereocenters. The van der Waals surface area contributed by atoms with E-state index in [-0.39, 0.29) is 5.91 Å². The van der Waals surface area contributed by atoms with Gasteiger partial charge in [0.25, 0.3) is 0 Å². The van der Waals surface area contributed by atoms with Gasteiger partial charge in [-0.15, -0.1) is 0 Å². The van der Waals surface area contributed by atoms with Crippen molar-refractivity contribution in [1.82, 2.24) is 4.90 Å². The molecule has 1 aromatic carbocycles. The zero-order valence-electron chi connectivity index (χ0n) is 14.8. The molecule has 0 bridgehead atoms. The van der Waals surface area contributed by atoms with Crippen LogP contribution in [0, 0.1) is 11.8 Å². The van der Waals surface area contributed by atoms with Crippen LogP contribution < -0.4 is 0 Å². The fourth-order valence-electron chi connectivity index (χ4n) is 3.39. The molecule has 4 heteroatoms. The van der Waals surface area contributed by atoms with Gasteiger partial charge in [-0.25, -0.2) is 4.79 Å². The Labute approximate surface area is 144 Å². The first-order chi connectivity index (χ1) is 11.5. The van der Waals surface area contributed by atoms with E-state index in [1.807, 2.05) is 11.0 Å². The number of carboxylic acids is 1. The van der Waals surface area contributed by atoms with E-state index in [4.69, 9.17) is 0 Å². The predicted octanol–water partition coefficient (Wildman–Crippen LogP) is 3.99. The van der Waals surface area contributed by atoms with E-state index >= 15 is 0 Å². The number of benzene rings is 1. The van der Waals surface area contributed by atoms with Crippen molar-refractivity contribution in [3.8, 4) is 0 Å². The topological polar surface area (TPSA) is 57.6 Å². The first-order valence-electron chi connectivity index (χ1n) is 9.06. The molecule has 24 heavy (non-hydrogen) atoms. The normalized spacial score (nSPS) is 15.7. The Kier molecular flexibility index (Phi) is 6.83. The minimum Gasteiger partial charge on any atom is -0.478 e. The van der Waals surface area contributed by atoms with Crippen LogP contribution in [-0.4, -0.2) is 35.0 Å². The Hall–Kier alpha value is -1.84. The summed E-state index contributed by atoms with van der Waals surface area (Å²) in [7, 11) is 0. The van der Waals surface area contributed by atoms with E-state index in [2.05, 4.69) is 13.8 Å². The highest BCUT2D eigenvalue weighted by Gasteiger charge is 2.22. The molecular formula is C20H29NO3. The number of piperidine rings is 1. The summed E-state index contributed by atoms with van der Waals surface area (Å²) in [6, 6.07) is 6.94. The predicted molar refractivity (Wildman–Crippen MR) is 95.1 cm³/mol. The maximum Gasteiger partial charge on any atom is 0.335 e. The number of hydrogen-bond donors (Lipinski definition) is 1. The molecule has 0 aromatic heterocycles. The van der Waals surface area contributed by atoms with Crippen molar-refractivity contribution in [2.75, 3.05) is 13.1 Å². The molecule has 2 rings (SSSR count). The maximum atomic E-state index is 12.4. The Bertz CT molecular complexity index is 560. The lowest BCUT2D eigenvalue weighted by molar-refractivity contribution is -0.132. The lowest BCUT2D eigenvalue weighted by Crippen LogP contribution is -2.38. The number of amides is 1. The summed E-state index contributed by atoms with van der Waals surface area (Å²) in [5.74, 6) is 0.727. The number of aromatic carboxylic acids is 1. The first kappa shape index (κ1) is 18.5. The van der Waals surface area contributed by atoms with Crippen molar-refractivity contribution in [1.29, 1.82) is 0 Å². The van der Waals surface area contributed by atoms with Crippen LogP contribution in [0.1, 0.15) is 61.9 Å². The van der Waals surface area contributed by atoms with E-state index in [0.29, 0.717) is 18.4 Å². The Morgan fingerprint density at radius 2 is 1.88 bits per heavy atom. The van der Waals surface area contributed by atoms with Gasteiger partial charge in [0, 0.05) is 19.5 Å². The third kappa shape index (κ3) is 5.36. The number of carbonyl (C=O) groups is 2. The summed E-state index contributed by atoms with van der Waals surface area (Å²) in [5, 5.41) is 9.20. The number of aryl methyl sites for hydroxylation is 1. The average Bonchev–Trinajstić information content (AvgIpc) is 2.58. The van der Waals surface area contributed by atoms with Crippen molar-refractivity contribution in [2.24, 2.45) is 11.8 Å². The molecule has 1 fully saturated rings. The summed E-state index contributed by atoms with van der Waals surface area (Å²) in [6.07, 6.45) is 5.63. The lowest BCUT2D eigenvalue weighted by Gasteiger charge is -2.32. The van der Waals surface area contributed by atoms with Crippen LogP contribution in [0.3, 0.4) is 0 Å². The number of nitrogens with zero attached hydrogens (tertiary/aromatic N) is 1. The van der Waals surface area contributed by atoms with E-state index < -0.39 is 5.97 Å². The van der Waals surface area contributed by atoms with Crippen molar-refractivity contribution in [3.63, 3.8) is 0 Å². The van der Waals surface area contributed by atoms with Crippen LogP contribution in [0.25, 0.3) is 0 Å². The molecule has 0 radical (unpaired) electrons. The van der Waals surface area contributed by atoms with Crippen LogP contribution in [0.5, 0.6) is 0 Å². The van der Waals surface area contributed by atoms with Crippen molar-refractivity contribution >= 4 is 11.9 Å². The Morgan fingerprint density at radius 1 is 1.21 bits per heavy atom. The minimum atomic E-state index is -0.927. The first-order valence-corrected chi connectivity index (χ1v) is 9.06. The summed E-state index contributed by atoms with van der Waals surface area (Å²) >= 11 is 0. The van der Waals surface area contributed by atoms with Gasteiger partial charge in [0.2, 0.25) is 5.91 Å². The molecule has 1 N–H and O–H groups in total. The molecule has 0 spiro atoms. The summed E-state index contributed by atoms with van der Waals surface area (Å²) in [6.45, 7) is 6.21. The van der Waals surface area contributed by atoms with Crippen LogP contribution >= 0.6 is 0 Å². The zero-order valence-corrected chi connectivity index (χ0v) is 14.8. The highest BCUT2D eigenvalue weighted by Crippen LogP contribution is 2.24. The zero-order chi connectivity index (χ0) is 17.5. The van der Waals surface area contributed by atoms with Gasteiger partial charge in [0.1, 0.15) is 0 Å². The molecule has 1 aliphatic rings. The number of rotatable bonds is 7. The van der Waals surface area contributed by atoms with Gasteiger partial charge in [0.15, 0.2) is 0 Å². The molecule has 0 atom stereocenters. The SMILES string of the molecule is CC(C)CCC1CCN(C(=O)CCc2ccccc2C(=O)O)CC1. The summed E-state index contributed by atoms with van der Waals surface area (Å²) in [4.78, 5) is 25.6. The lowest BCUT2D eigenvalue weighted by atomic mass is 9.89. The van der Waals surface area contributed by atoms with Crippen molar-refractivity contribution < 1.29 is 14.7 Å². The number of likely N-dealkylation sites (tertiary alicyclic amines) is 1. The number of carboxylic acid groups (broad SMARTS) is 1. The van der Waals surface area contributed by atoms with Crippen LogP contribution in [0.15, 0.2) is 24.3 Å². The fraction of sp³-hybridized carbons (Fsp3) is 0.600. The average molecular weight is 331 g/mol. The Balaban J connectivity index is 1.79. The van der Waals surface area contributed by atoms with Gasteiger partial charge in [-0.05, 0) is 42.7 Å². The van der Waals surface area contributed by atoms with E-state index in [9.17, 15) is 14.7 Å². The molecule has 1 heterocycles. The van der Waals surface area contributed by atoms with E-state index in [1.54, 1.807) is 18.2 Å². The largest absolute Gasteiger partial charge is 0.478 e. The molecule has 1 aromatic rings. The third-order valence-corrected chi connectivity index (χ3v) is 4.98. The second-order valence-corrected chi connectivity index (χ2v) is 7.26. The van der Waals surface area contributed by atoms with Crippen LogP contribution in [0.2, 0.25) is 0 Å². The molecule has 132 valence electrons. The van der Waals surface area contributed by atoms with Crippen molar-refractivity contribution in [3.05, 3.63) is 35.4 Å². The minimum absolute atomic E-state index is 0.150. The van der Waals surface area contributed by atoms with E-state index in [1.165, 1.54) is 12.8 Å². The molecule has 0 saturated carbocycles. The van der Waals surface area contributed by atoms with Crippen molar-refractivity contribution in [2.45, 2.75) is 52.4 Å². The van der Waals surface area contributed by atoms with Gasteiger partial charge >= 0.3 is 5.97 Å². The number of hydrogen-bond acceptors (Lipinski definition) is 2. The van der Waals surface area contributed by atoms with Gasteiger partial charge in [-0.1, -0.05) is 44.9 Å². The highest BCUT2D eigenvalue weighted by molar-refractivity contribution is 5.89. The van der Waals surface area contributed by atoms with Crippen LogP contribution in [-0.2, 0) is 11.2 Å². The van der Waals surface area contributed by atoms with Crippen LogP contribution in [0.4, 0.5) is 0 Å². The fourth-order valence-corrected chi connectivity index (χ4v) is 3.39. The molecular weight excluding hydrogens is 302 g/mol. The second-order valence-electron chi connectivity index (χ2n) is 7.26. The molecule has 0 aliphatic carbocycles. The smallest absolute Gasteiger partial charge is 0.335 e. The maximum absolute atomic E-state index is 12.4. The second kappa shape index (κ2) is 8.86. The van der Waals surface area contributed by atoms with Gasteiger partial charge < -0.3 is 10.0 Å². The summed E-state index contributed by atoms with van der Waals surface area (Å²) < 4.78 is 0. The molecule has 1 aliphatic heterocycles. The molecule has 1 saturated heterocycles. The monoisotopic (exact) mass is 331 g/mol. The van der Waals surface area contributed by atoms with Gasteiger partial charge in [-0.2, -0.15) is 0 Å². The quantitative estimate of drug-likeness (QED) is 0.822. The van der Waals surface area contributed by atoms with Gasteiger partial charge in [0.05, 0.1) is 5.56 Å². The summed E-state index contributed by atoms with van der Waals surface area (Å²) in [5.41, 5.74) is 1.04. The molecule has 4 nitrogen and oxygen atoms in total. The van der Waals surface area contributed by atoms with Gasteiger partial charge in [-0.3, -0.25) is 4.79 Å². The third-order valence-electron chi connectivity index (χ3n) is 4.98. The molecule has 1 amide bonds. The van der Waals surface area contributed by atoms with E-state index in [0.717, 1.165) is 43.3 Å². The highest BCUT2D eigenvalue weighted by atomic mass is 16.4.